The van der Waals surface area contributed by atoms with Gasteiger partial charge in [-0.2, -0.15) is 0 Å². The zero-order valence-electron chi connectivity index (χ0n) is 11.0. The molecule has 0 amide bonds. The van der Waals surface area contributed by atoms with Gasteiger partial charge in [0.1, 0.15) is 11.9 Å². The number of aliphatic hydroxyl groups is 1. The molecule has 3 rings (SSSR count). The van der Waals surface area contributed by atoms with Crippen molar-refractivity contribution in [2.24, 2.45) is 7.05 Å². The van der Waals surface area contributed by atoms with Crippen molar-refractivity contribution in [2.75, 3.05) is 0 Å². The van der Waals surface area contributed by atoms with E-state index in [0.717, 1.165) is 16.6 Å². The number of fused-ring (bicyclic) bond motifs is 1. The maximum Gasteiger partial charge on any atom is 0.143 e. The lowest BCUT2D eigenvalue weighted by atomic mass is 10.1. The van der Waals surface area contributed by atoms with E-state index in [4.69, 9.17) is 0 Å². The van der Waals surface area contributed by atoms with Crippen LogP contribution in [0.2, 0.25) is 0 Å². The number of nitrogens with zero attached hydrogens (tertiary/aromatic N) is 2. The van der Waals surface area contributed by atoms with Gasteiger partial charge in [0.05, 0.1) is 11.0 Å². The molecule has 96 valence electrons. The molecule has 1 heterocycles. The van der Waals surface area contributed by atoms with Gasteiger partial charge in [-0.05, 0) is 24.6 Å². The van der Waals surface area contributed by atoms with Gasteiger partial charge in [-0.25, -0.2) is 4.98 Å². The highest BCUT2D eigenvalue weighted by molar-refractivity contribution is 5.75. The second kappa shape index (κ2) is 4.52. The third-order valence-corrected chi connectivity index (χ3v) is 3.46. The molecule has 0 aliphatic heterocycles. The first kappa shape index (κ1) is 11.9. The van der Waals surface area contributed by atoms with Crippen molar-refractivity contribution in [1.29, 1.82) is 0 Å². The molecule has 19 heavy (non-hydrogen) atoms. The molecule has 0 bridgehead atoms. The van der Waals surface area contributed by atoms with Crippen LogP contribution < -0.4 is 0 Å². The van der Waals surface area contributed by atoms with Crippen molar-refractivity contribution in [3.8, 4) is 0 Å². The maximum absolute atomic E-state index is 10.5. The number of imidazole rings is 1. The molecule has 3 heteroatoms. The Morgan fingerprint density at radius 1 is 1.05 bits per heavy atom. The third kappa shape index (κ3) is 2.02. The van der Waals surface area contributed by atoms with Crippen LogP contribution in [0.1, 0.15) is 23.1 Å². The fourth-order valence-corrected chi connectivity index (χ4v) is 2.31. The van der Waals surface area contributed by atoms with E-state index in [9.17, 15) is 5.11 Å². The predicted molar refractivity (Wildman–Crippen MR) is 76.0 cm³/mol. The highest BCUT2D eigenvalue weighted by Gasteiger charge is 2.17. The summed E-state index contributed by atoms with van der Waals surface area (Å²) in [5, 5.41) is 10.5. The van der Waals surface area contributed by atoms with Crippen molar-refractivity contribution < 1.29 is 5.11 Å². The van der Waals surface area contributed by atoms with Crippen molar-refractivity contribution >= 4 is 11.0 Å². The van der Waals surface area contributed by atoms with Gasteiger partial charge in [0.15, 0.2) is 0 Å². The molecule has 0 saturated heterocycles. The van der Waals surface area contributed by atoms with Gasteiger partial charge in [-0.1, -0.05) is 42.0 Å². The van der Waals surface area contributed by atoms with E-state index in [-0.39, 0.29) is 0 Å². The molecule has 2 aromatic carbocycles. The third-order valence-electron chi connectivity index (χ3n) is 3.46. The number of hydrogen-bond acceptors (Lipinski definition) is 2. The Bertz CT molecular complexity index is 713. The molecule has 3 aromatic rings. The van der Waals surface area contributed by atoms with Gasteiger partial charge >= 0.3 is 0 Å². The first-order valence-electron chi connectivity index (χ1n) is 6.33. The van der Waals surface area contributed by atoms with Crippen molar-refractivity contribution in [3.05, 3.63) is 65.5 Å². The Labute approximate surface area is 112 Å². The van der Waals surface area contributed by atoms with Gasteiger partial charge < -0.3 is 9.67 Å². The molecule has 1 atom stereocenters. The number of para-hydroxylation sites is 2. The van der Waals surface area contributed by atoms with Gasteiger partial charge in [0, 0.05) is 7.05 Å². The minimum absolute atomic E-state index is 0.671. The largest absolute Gasteiger partial charge is 0.380 e. The van der Waals surface area contributed by atoms with Crippen LogP contribution in [0.25, 0.3) is 11.0 Å². The summed E-state index contributed by atoms with van der Waals surface area (Å²) < 4.78 is 1.94. The average Bonchev–Trinajstić information content (AvgIpc) is 2.77. The zero-order valence-corrected chi connectivity index (χ0v) is 11.0. The summed E-state index contributed by atoms with van der Waals surface area (Å²) >= 11 is 0. The van der Waals surface area contributed by atoms with E-state index in [1.54, 1.807) is 0 Å². The van der Waals surface area contributed by atoms with E-state index in [0.29, 0.717) is 5.82 Å². The molecule has 3 nitrogen and oxygen atoms in total. The molecule has 0 fully saturated rings. The topological polar surface area (TPSA) is 38.1 Å². The van der Waals surface area contributed by atoms with E-state index in [1.807, 2.05) is 67.1 Å². The van der Waals surface area contributed by atoms with Crippen molar-refractivity contribution in [3.63, 3.8) is 0 Å². The first-order chi connectivity index (χ1) is 9.16. The highest BCUT2D eigenvalue weighted by Crippen LogP contribution is 2.24. The van der Waals surface area contributed by atoms with Crippen LogP contribution in [0, 0.1) is 6.92 Å². The quantitative estimate of drug-likeness (QED) is 0.761. The summed E-state index contributed by atoms with van der Waals surface area (Å²) in [6, 6.07) is 15.8. The molecule has 0 radical (unpaired) electrons. The summed E-state index contributed by atoms with van der Waals surface area (Å²) in [6.07, 6.45) is -0.696. The van der Waals surface area contributed by atoms with E-state index < -0.39 is 6.10 Å². The SMILES string of the molecule is Cc1ccc(C(O)c2nc3ccccc3n2C)cc1. The fraction of sp³-hybridized carbons (Fsp3) is 0.188. The number of aliphatic hydroxyl groups excluding tert-OH is 1. The second-order valence-electron chi connectivity index (χ2n) is 4.83. The van der Waals surface area contributed by atoms with Gasteiger partial charge in [-0.15, -0.1) is 0 Å². The first-order valence-corrected chi connectivity index (χ1v) is 6.33. The van der Waals surface area contributed by atoms with E-state index in [1.165, 1.54) is 5.56 Å². The number of aryl methyl sites for hydroxylation is 2. The van der Waals surface area contributed by atoms with Crippen molar-refractivity contribution in [2.45, 2.75) is 13.0 Å². The minimum Gasteiger partial charge on any atom is -0.380 e. The summed E-state index contributed by atoms with van der Waals surface area (Å²) in [7, 11) is 1.93. The fourth-order valence-electron chi connectivity index (χ4n) is 2.31. The molecule has 1 unspecified atom stereocenters. The lowest BCUT2D eigenvalue weighted by Crippen LogP contribution is -2.07. The summed E-state index contributed by atoms with van der Waals surface area (Å²) in [4.78, 5) is 4.52. The Morgan fingerprint density at radius 3 is 2.42 bits per heavy atom. The predicted octanol–water partition coefficient (Wildman–Crippen LogP) is 2.96. The lowest BCUT2D eigenvalue weighted by molar-refractivity contribution is 0.207. The zero-order chi connectivity index (χ0) is 13.4. The van der Waals surface area contributed by atoms with Crippen LogP contribution in [-0.2, 0) is 7.05 Å². The van der Waals surface area contributed by atoms with Gasteiger partial charge in [0.2, 0.25) is 0 Å². The molecule has 0 saturated carbocycles. The smallest absolute Gasteiger partial charge is 0.143 e. The molecule has 0 aliphatic carbocycles. The highest BCUT2D eigenvalue weighted by atomic mass is 16.3. The molecule has 1 aromatic heterocycles. The van der Waals surface area contributed by atoms with Crippen LogP contribution in [0.4, 0.5) is 0 Å². The molecule has 1 N–H and O–H groups in total. The monoisotopic (exact) mass is 252 g/mol. The second-order valence-corrected chi connectivity index (χ2v) is 4.83. The van der Waals surface area contributed by atoms with E-state index >= 15 is 0 Å². The summed E-state index contributed by atoms with van der Waals surface area (Å²) in [5.41, 5.74) is 3.99. The lowest BCUT2D eigenvalue weighted by Gasteiger charge is -2.11. The molecule has 0 aliphatic rings. The standard InChI is InChI=1S/C16H16N2O/c1-11-7-9-12(10-8-11)15(19)16-17-13-5-3-4-6-14(13)18(16)2/h3-10,15,19H,1-2H3. The number of rotatable bonds is 2. The van der Waals surface area contributed by atoms with Gasteiger partial charge in [0.25, 0.3) is 0 Å². The number of hydrogen-bond donors (Lipinski definition) is 1. The van der Waals surface area contributed by atoms with Crippen LogP contribution in [-0.4, -0.2) is 14.7 Å². The number of aromatic nitrogens is 2. The average molecular weight is 252 g/mol. The summed E-state index contributed by atoms with van der Waals surface area (Å²) in [6.45, 7) is 2.03. The molecule has 0 spiro atoms. The normalized spacial score (nSPS) is 12.8. The molecular weight excluding hydrogens is 236 g/mol. The minimum atomic E-state index is -0.696. The van der Waals surface area contributed by atoms with Crippen LogP contribution in [0.15, 0.2) is 48.5 Å². The molecular formula is C16H16N2O. The Kier molecular flexibility index (Phi) is 2.84. The Morgan fingerprint density at radius 2 is 1.74 bits per heavy atom. The summed E-state index contributed by atoms with van der Waals surface area (Å²) in [5.74, 6) is 0.671. The van der Waals surface area contributed by atoms with Crippen LogP contribution in [0.3, 0.4) is 0 Å². The Hall–Kier alpha value is -2.13. The van der Waals surface area contributed by atoms with Crippen LogP contribution >= 0.6 is 0 Å². The van der Waals surface area contributed by atoms with Crippen molar-refractivity contribution in [1.82, 2.24) is 9.55 Å². The number of benzene rings is 2. The maximum atomic E-state index is 10.5. The Balaban J connectivity index is 2.08. The van der Waals surface area contributed by atoms with Gasteiger partial charge in [-0.3, -0.25) is 0 Å². The van der Waals surface area contributed by atoms with Crippen LogP contribution in [0.5, 0.6) is 0 Å². The van der Waals surface area contributed by atoms with E-state index in [2.05, 4.69) is 4.98 Å².